The van der Waals surface area contributed by atoms with Gasteiger partial charge >= 0.3 is 0 Å². The van der Waals surface area contributed by atoms with Crippen molar-refractivity contribution in [1.82, 2.24) is 5.32 Å². The van der Waals surface area contributed by atoms with E-state index in [0.29, 0.717) is 6.04 Å². The molecule has 2 nitrogen and oxygen atoms in total. The van der Waals surface area contributed by atoms with Crippen LogP contribution in [0, 0.1) is 12.8 Å². The minimum atomic E-state index is -0.00831. The number of hydrogen-bond acceptors (Lipinski definition) is 3. The molecule has 0 amide bonds. The van der Waals surface area contributed by atoms with E-state index in [1.807, 2.05) is 11.3 Å². The molecule has 1 saturated carbocycles. The van der Waals surface area contributed by atoms with Gasteiger partial charge in [0.2, 0.25) is 0 Å². The number of thiophene rings is 1. The third-order valence-electron chi connectivity index (χ3n) is 4.53. The number of nitrogens with one attached hydrogen (secondary N) is 1. The summed E-state index contributed by atoms with van der Waals surface area (Å²) in [5.74, 6) is 0.843. The summed E-state index contributed by atoms with van der Waals surface area (Å²) in [6.45, 7) is 7.49. The van der Waals surface area contributed by atoms with Gasteiger partial charge in [0.25, 0.3) is 0 Å². The summed E-state index contributed by atoms with van der Waals surface area (Å²) in [6, 6.07) is 2.55. The molecule has 19 heavy (non-hydrogen) atoms. The maximum atomic E-state index is 6.29. The number of aryl methyl sites for hydroxylation is 1. The summed E-state index contributed by atoms with van der Waals surface area (Å²) in [5, 5.41) is 5.74. The predicted molar refractivity (Wildman–Crippen MR) is 82.8 cm³/mol. The number of hydrogen-bond donors (Lipinski definition) is 1. The fraction of sp³-hybridized carbons (Fsp3) is 0.750. The first-order valence-electron chi connectivity index (χ1n) is 7.48. The van der Waals surface area contributed by atoms with Crippen molar-refractivity contribution in [3.63, 3.8) is 0 Å². The minimum Gasteiger partial charge on any atom is -0.373 e. The first-order chi connectivity index (χ1) is 9.13. The molecule has 1 heterocycles. The molecule has 1 N–H and O–H groups in total. The SMILES string of the molecule is CCOC1(C(NC)c2sccc2C)CCC(C)CC1. The average Bonchev–Trinajstić information content (AvgIpc) is 2.81. The average molecular weight is 281 g/mol. The van der Waals surface area contributed by atoms with Gasteiger partial charge in [0.15, 0.2) is 0 Å². The van der Waals surface area contributed by atoms with E-state index in [1.165, 1.54) is 36.1 Å². The van der Waals surface area contributed by atoms with Crippen LogP contribution in [0.1, 0.15) is 56.0 Å². The lowest BCUT2D eigenvalue weighted by Gasteiger charge is -2.44. The second kappa shape index (κ2) is 6.38. The molecule has 1 aromatic rings. The van der Waals surface area contributed by atoms with Gasteiger partial charge in [-0.25, -0.2) is 0 Å². The van der Waals surface area contributed by atoms with Crippen LogP contribution in [-0.2, 0) is 4.74 Å². The van der Waals surface area contributed by atoms with Crippen molar-refractivity contribution >= 4 is 11.3 Å². The Morgan fingerprint density at radius 2 is 2.16 bits per heavy atom. The Hall–Kier alpha value is -0.380. The highest BCUT2D eigenvalue weighted by atomic mass is 32.1. The monoisotopic (exact) mass is 281 g/mol. The summed E-state index contributed by atoms with van der Waals surface area (Å²) in [5.41, 5.74) is 1.38. The predicted octanol–water partition coefficient (Wildman–Crippen LogP) is 4.30. The molecule has 3 heteroatoms. The summed E-state index contributed by atoms with van der Waals surface area (Å²) in [4.78, 5) is 1.45. The van der Waals surface area contributed by atoms with Crippen LogP contribution in [0.2, 0.25) is 0 Å². The normalized spacial score (nSPS) is 29.4. The highest BCUT2D eigenvalue weighted by Crippen LogP contribution is 2.45. The highest BCUT2D eigenvalue weighted by molar-refractivity contribution is 7.10. The number of rotatable bonds is 5. The summed E-state index contributed by atoms with van der Waals surface area (Å²) in [7, 11) is 2.07. The molecule has 0 spiro atoms. The molecular formula is C16H27NOS. The van der Waals surface area contributed by atoms with Crippen LogP contribution >= 0.6 is 11.3 Å². The first kappa shape index (κ1) is 15.0. The zero-order chi connectivity index (χ0) is 13.9. The van der Waals surface area contributed by atoms with Gasteiger partial charge in [0.1, 0.15) is 0 Å². The smallest absolute Gasteiger partial charge is 0.0884 e. The van der Waals surface area contributed by atoms with Gasteiger partial charge in [-0.15, -0.1) is 11.3 Å². The van der Waals surface area contributed by atoms with Gasteiger partial charge < -0.3 is 10.1 Å². The second-order valence-corrected chi connectivity index (χ2v) is 6.82. The highest BCUT2D eigenvalue weighted by Gasteiger charge is 2.43. The molecule has 1 aromatic heterocycles. The van der Waals surface area contributed by atoms with Crippen molar-refractivity contribution < 1.29 is 4.74 Å². The van der Waals surface area contributed by atoms with Crippen LogP contribution in [-0.4, -0.2) is 19.3 Å². The topological polar surface area (TPSA) is 21.3 Å². The fourth-order valence-corrected chi connectivity index (χ4v) is 4.51. The Balaban J connectivity index is 2.28. The molecule has 2 rings (SSSR count). The van der Waals surface area contributed by atoms with E-state index in [1.54, 1.807) is 0 Å². The quantitative estimate of drug-likeness (QED) is 0.868. The van der Waals surface area contributed by atoms with Crippen LogP contribution in [0.25, 0.3) is 0 Å². The van der Waals surface area contributed by atoms with Gasteiger partial charge in [0.05, 0.1) is 11.6 Å². The lowest BCUT2D eigenvalue weighted by Crippen LogP contribution is -2.47. The maximum Gasteiger partial charge on any atom is 0.0884 e. The zero-order valence-electron chi connectivity index (χ0n) is 12.7. The lowest BCUT2D eigenvalue weighted by atomic mass is 9.74. The van der Waals surface area contributed by atoms with E-state index < -0.39 is 0 Å². The van der Waals surface area contributed by atoms with Crippen molar-refractivity contribution in [1.29, 1.82) is 0 Å². The van der Waals surface area contributed by atoms with Gasteiger partial charge in [-0.3, -0.25) is 0 Å². The molecule has 0 bridgehead atoms. The molecule has 108 valence electrons. The summed E-state index contributed by atoms with van der Waals surface area (Å²) in [6.07, 6.45) is 4.90. The second-order valence-electron chi connectivity index (χ2n) is 5.87. The van der Waals surface area contributed by atoms with Gasteiger partial charge in [0, 0.05) is 11.5 Å². The van der Waals surface area contributed by atoms with Crippen molar-refractivity contribution in [2.24, 2.45) is 5.92 Å². The van der Waals surface area contributed by atoms with Crippen LogP contribution in [0.15, 0.2) is 11.4 Å². The van der Waals surface area contributed by atoms with Crippen molar-refractivity contribution in [2.75, 3.05) is 13.7 Å². The van der Waals surface area contributed by atoms with Gasteiger partial charge in [-0.2, -0.15) is 0 Å². The van der Waals surface area contributed by atoms with E-state index in [9.17, 15) is 0 Å². The largest absolute Gasteiger partial charge is 0.373 e. The van der Waals surface area contributed by atoms with E-state index in [0.717, 1.165) is 12.5 Å². The summed E-state index contributed by atoms with van der Waals surface area (Å²) >= 11 is 1.86. The molecule has 1 aliphatic carbocycles. The van der Waals surface area contributed by atoms with E-state index in [4.69, 9.17) is 4.74 Å². The Morgan fingerprint density at radius 1 is 1.47 bits per heavy atom. The molecule has 0 radical (unpaired) electrons. The molecule has 0 saturated heterocycles. The molecular weight excluding hydrogens is 254 g/mol. The molecule has 1 aliphatic rings. The number of ether oxygens (including phenoxy) is 1. The van der Waals surface area contributed by atoms with Crippen LogP contribution < -0.4 is 5.32 Å². The minimum absolute atomic E-state index is 0.00831. The Kier molecular flexibility index (Phi) is 5.04. The fourth-order valence-electron chi connectivity index (χ4n) is 3.37. The van der Waals surface area contributed by atoms with Crippen LogP contribution in [0.5, 0.6) is 0 Å². The van der Waals surface area contributed by atoms with E-state index >= 15 is 0 Å². The molecule has 0 aliphatic heterocycles. The Morgan fingerprint density at radius 3 is 2.63 bits per heavy atom. The maximum absolute atomic E-state index is 6.29. The molecule has 1 fully saturated rings. The third kappa shape index (κ3) is 3.04. The zero-order valence-corrected chi connectivity index (χ0v) is 13.5. The van der Waals surface area contributed by atoms with Crippen molar-refractivity contribution in [2.45, 2.75) is 58.1 Å². The van der Waals surface area contributed by atoms with Crippen molar-refractivity contribution in [3.05, 3.63) is 21.9 Å². The van der Waals surface area contributed by atoms with E-state index in [2.05, 4.69) is 44.6 Å². The van der Waals surface area contributed by atoms with Crippen molar-refractivity contribution in [3.8, 4) is 0 Å². The standard InChI is InChI=1S/C16H27NOS/c1-5-18-16(9-6-12(2)7-10-16)15(17-4)14-13(3)8-11-19-14/h8,11-12,15,17H,5-7,9-10H2,1-4H3. The Labute approximate surface area is 121 Å². The van der Waals surface area contributed by atoms with Crippen LogP contribution in [0.3, 0.4) is 0 Å². The Bertz CT molecular complexity index is 393. The first-order valence-corrected chi connectivity index (χ1v) is 8.36. The van der Waals surface area contributed by atoms with E-state index in [-0.39, 0.29) is 5.60 Å². The molecule has 1 unspecified atom stereocenters. The number of likely N-dealkylation sites (N-methyl/N-ethyl adjacent to an activating group) is 1. The van der Waals surface area contributed by atoms with Gasteiger partial charge in [-0.1, -0.05) is 6.92 Å². The van der Waals surface area contributed by atoms with Gasteiger partial charge in [-0.05, 0) is 69.5 Å². The lowest BCUT2D eigenvalue weighted by molar-refractivity contribution is -0.0956. The molecule has 0 aromatic carbocycles. The molecule has 1 atom stereocenters. The summed E-state index contributed by atoms with van der Waals surface area (Å²) < 4.78 is 6.29. The third-order valence-corrected chi connectivity index (χ3v) is 5.61. The van der Waals surface area contributed by atoms with Crippen LogP contribution in [0.4, 0.5) is 0 Å².